The molecule has 0 aromatic heterocycles. The maximum atomic E-state index is 13.0. The molecule has 0 spiro atoms. The molecule has 0 saturated carbocycles. The molecule has 0 radical (unpaired) electrons. The van der Waals surface area contributed by atoms with Crippen molar-refractivity contribution >= 4 is 5.91 Å². The summed E-state index contributed by atoms with van der Waals surface area (Å²) < 4.78 is 5.45. The highest BCUT2D eigenvalue weighted by molar-refractivity contribution is 5.83. The van der Waals surface area contributed by atoms with Crippen molar-refractivity contribution in [1.29, 1.82) is 0 Å². The van der Waals surface area contributed by atoms with Crippen LogP contribution in [0.5, 0.6) is 0 Å². The number of carbonyl (C=O) groups excluding carboxylic acids is 1. The second-order valence-electron chi connectivity index (χ2n) is 6.03. The Morgan fingerprint density at radius 3 is 2.79 bits per heavy atom. The number of piperidine rings is 2. The molecule has 2 heterocycles. The van der Waals surface area contributed by atoms with E-state index in [0.717, 1.165) is 64.7 Å². The third-order valence-electron chi connectivity index (χ3n) is 4.74. The minimum Gasteiger partial charge on any atom is -0.380 e. The van der Waals surface area contributed by atoms with E-state index in [1.165, 1.54) is 0 Å². The number of amides is 1. The zero-order valence-corrected chi connectivity index (χ0v) is 12.4. The minimum atomic E-state index is -0.102. The predicted octanol–water partition coefficient (Wildman–Crippen LogP) is 1.79. The van der Waals surface area contributed by atoms with Crippen LogP contribution in [0.1, 0.15) is 45.4 Å². The lowest BCUT2D eigenvalue weighted by atomic mass is 9.74. The summed E-state index contributed by atoms with van der Waals surface area (Å²) in [6.07, 6.45) is 6.50. The molecular weight excluding hydrogens is 240 g/mol. The third kappa shape index (κ3) is 3.29. The SMILES string of the molecule is CCCC1(C(=O)N2CCCC(OC)C2)CCNCC1. The Morgan fingerprint density at radius 1 is 1.42 bits per heavy atom. The summed E-state index contributed by atoms with van der Waals surface area (Å²) >= 11 is 0. The Bertz CT molecular complexity index is 295. The molecule has 1 unspecified atom stereocenters. The van der Waals surface area contributed by atoms with Crippen molar-refractivity contribution in [3.05, 3.63) is 0 Å². The lowest BCUT2D eigenvalue weighted by molar-refractivity contribution is -0.148. The fourth-order valence-corrected chi connectivity index (χ4v) is 3.61. The molecule has 1 amide bonds. The second-order valence-corrected chi connectivity index (χ2v) is 6.03. The summed E-state index contributed by atoms with van der Waals surface area (Å²) in [5.41, 5.74) is -0.102. The number of hydrogen-bond acceptors (Lipinski definition) is 3. The molecule has 0 aromatic rings. The fourth-order valence-electron chi connectivity index (χ4n) is 3.61. The molecule has 110 valence electrons. The Balaban J connectivity index is 2.05. The lowest BCUT2D eigenvalue weighted by Gasteiger charge is -2.42. The van der Waals surface area contributed by atoms with Crippen molar-refractivity contribution in [1.82, 2.24) is 10.2 Å². The first-order valence-corrected chi connectivity index (χ1v) is 7.75. The van der Waals surface area contributed by atoms with Gasteiger partial charge in [-0.15, -0.1) is 0 Å². The van der Waals surface area contributed by atoms with Gasteiger partial charge < -0.3 is 15.0 Å². The first-order valence-electron chi connectivity index (χ1n) is 7.75. The maximum absolute atomic E-state index is 13.0. The number of likely N-dealkylation sites (tertiary alicyclic amines) is 1. The van der Waals surface area contributed by atoms with Gasteiger partial charge in [-0.2, -0.15) is 0 Å². The number of ether oxygens (including phenoxy) is 1. The van der Waals surface area contributed by atoms with E-state index >= 15 is 0 Å². The quantitative estimate of drug-likeness (QED) is 0.845. The van der Waals surface area contributed by atoms with Crippen LogP contribution in [0.4, 0.5) is 0 Å². The largest absolute Gasteiger partial charge is 0.380 e. The topological polar surface area (TPSA) is 41.6 Å². The summed E-state index contributed by atoms with van der Waals surface area (Å²) in [5, 5.41) is 3.38. The molecular formula is C15H28N2O2. The van der Waals surface area contributed by atoms with Gasteiger partial charge in [0.05, 0.1) is 11.5 Å². The zero-order chi connectivity index (χ0) is 13.7. The van der Waals surface area contributed by atoms with E-state index in [1.54, 1.807) is 7.11 Å². The van der Waals surface area contributed by atoms with Crippen LogP contribution in [0.3, 0.4) is 0 Å². The molecule has 4 nitrogen and oxygen atoms in total. The van der Waals surface area contributed by atoms with Crippen molar-refractivity contribution in [2.45, 2.75) is 51.6 Å². The van der Waals surface area contributed by atoms with Crippen LogP contribution in [0.25, 0.3) is 0 Å². The van der Waals surface area contributed by atoms with Gasteiger partial charge in [0.2, 0.25) is 5.91 Å². The van der Waals surface area contributed by atoms with Gasteiger partial charge in [-0.05, 0) is 45.2 Å². The van der Waals surface area contributed by atoms with E-state index in [-0.39, 0.29) is 11.5 Å². The summed E-state index contributed by atoms with van der Waals surface area (Å²) in [6.45, 7) is 5.84. The summed E-state index contributed by atoms with van der Waals surface area (Å²) in [7, 11) is 1.75. The van der Waals surface area contributed by atoms with E-state index in [9.17, 15) is 4.79 Å². The molecule has 0 bridgehead atoms. The number of rotatable bonds is 4. The monoisotopic (exact) mass is 268 g/mol. The molecule has 2 saturated heterocycles. The van der Waals surface area contributed by atoms with Crippen molar-refractivity contribution < 1.29 is 9.53 Å². The molecule has 19 heavy (non-hydrogen) atoms. The summed E-state index contributed by atoms with van der Waals surface area (Å²) in [4.78, 5) is 15.0. The van der Waals surface area contributed by atoms with Crippen LogP contribution in [-0.4, -0.2) is 50.2 Å². The van der Waals surface area contributed by atoms with E-state index in [4.69, 9.17) is 4.74 Å². The Labute approximate surface area is 116 Å². The summed E-state index contributed by atoms with van der Waals surface area (Å²) in [5.74, 6) is 0.387. The van der Waals surface area contributed by atoms with Gasteiger partial charge in [0, 0.05) is 20.2 Å². The molecule has 1 N–H and O–H groups in total. The number of nitrogens with zero attached hydrogens (tertiary/aromatic N) is 1. The number of hydrogen-bond donors (Lipinski definition) is 1. The Kier molecular flexibility index (Phi) is 5.22. The smallest absolute Gasteiger partial charge is 0.228 e. The van der Waals surface area contributed by atoms with Crippen molar-refractivity contribution in [3.63, 3.8) is 0 Å². The minimum absolute atomic E-state index is 0.102. The van der Waals surface area contributed by atoms with E-state index < -0.39 is 0 Å². The molecule has 2 aliphatic heterocycles. The molecule has 2 fully saturated rings. The van der Waals surface area contributed by atoms with Gasteiger partial charge in [-0.1, -0.05) is 13.3 Å². The van der Waals surface area contributed by atoms with E-state index in [2.05, 4.69) is 17.1 Å². The molecule has 2 rings (SSSR count). The Hall–Kier alpha value is -0.610. The first kappa shape index (κ1) is 14.8. The van der Waals surface area contributed by atoms with Crippen LogP contribution < -0.4 is 5.32 Å². The van der Waals surface area contributed by atoms with Crippen LogP contribution in [0.2, 0.25) is 0 Å². The first-order chi connectivity index (χ1) is 9.22. The van der Waals surface area contributed by atoms with E-state index in [0.29, 0.717) is 5.91 Å². The van der Waals surface area contributed by atoms with E-state index in [1.807, 2.05) is 0 Å². The van der Waals surface area contributed by atoms with Crippen molar-refractivity contribution in [2.24, 2.45) is 5.41 Å². The number of methoxy groups -OCH3 is 1. The normalized spacial score (nSPS) is 27.3. The molecule has 4 heteroatoms. The average Bonchev–Trinajstić information content (AvgIpc) is 2.48. The summed E-state index contributed by atoms with van der Waals surface area (Å²) in [6, 6.07) is 0. The van der Waals surface area contributed by atoms with Gasteiger partial charge in [0.25, 0.3) is 0 Å². The zero-order valence-electron chi connectivity index (χ0n) is 12.4. The van der Waals surface area contributed by atoms with Crippen molar-refractivity contribution in [2.75, 3.05) is 33.3 Å². The predicted molar refractivity (Wildman–Crippen MR) is 76.1 cm³/mol. The third-order valence-corrected chi connectivity index (χ3v) is 4.74. The van der Waals surface area contributed by atoms with Gasteiger partial charge in [-0.3, -0.25) is 4.79 Å². The van der Waals surface area contributed by atoms with Crippen molar-refractivity contribution in [3.8, 4) is 0 Å². The van der Waals surface area contributed by atoms with Gasteiger partial charge in [0.15, 0.2) is 0 Å². The number of nitrogens with one attached hydrogen (secondary N) is 1. The molecule has 1 atom stereocenters. The fraction of sp³-hybridized carbons (Fsp3) is 0.933. The highest BCUT2D eigenvalue weighted by Crippen LogP contribution is 2.36. The van der Waals surface area contributed by atoms with Crippen LogP contribution in [-0.2, 0) is 9.53 Å². The maximum Gasteiger partial charge on any atom is 0.228 e. The molecule has 0 aromatic carbocycles. The highest BCUT2D eigenvalue weighted by atomic mass is 16.5. The van der Waals surface area contributed by atoms with Crippen LogP contribution in [0.15, 0.2) is 0 Å². The second kappa shape index (κ2) is 6.71. The van der Waals surface area contributed by atoms with Crippen LogP contribution in [0, 0.1) is 5.41 Å². The van der Waals surface area contributed by atoms with Gasteiger partial charge >= 0.3 is 0 Å². The van der Waals surface area contributed by atoms with Gasteiger partial charge in [0.1, 0.15) is 0 Å². The molecule has 2 aliphatic rings. The highest BCUT2D eigenvalue weighted by Gasteiger charge is 2.42. The Morgan fingerprint density at radius 2 is 2.16 bits per heavy atom. The average molecular weight is 268 g/mol. The standard InChI is InChI=1S/C15H28N2O2/c1-3-6-15(7-9-16-10-8-15)14(18)17-11-4-5-13(12-17)19-2/h13,16H,3-12H2,1-2H3. The molecule has 0 aliphatic carbocycles. The lowest BCUT2D eigenvalue weighted by Crippen LogP contribution is -2.52. The van der Waals surface area contributed by atoms with Gasteiger partial charge in [-0.25, -0.2) is 0 Å². The number of carbonyl (C=O) groups is 1. The van der Waals surface area contributed by atoms with Crippen LogP contribution >= 0.6 is 0 Å².